The fraction of sp³-hybridized carbons (Fsp3) is 0.188. The van der Waals surface area contributed by atoms with E-state index in [1.807, 2.05) is 36.4 Å². The van der Waals surface area contributed by atoms with Crippen molar-refractivity contribution in [3.63, 3.8) is 0 Å². The summed E-state index contributed by atoms with van der Waals surface area (Å²) in [6, 6.07) is 16.7. The van der Waals surface area contributed by atoms with Gasteiger partial charge in [0.1, 0.15) is 0 Å². The molecule has 0 radical (unpaired) electrons. The summed E-state index contributed by atoms with van der Waals surface area (Å²) < 4.78 is 0. The van der Waals surface area contributed by atoms with E-state index in [9.17, 15) is 9.90 Å². The summed E-state index contributed by atoms with van der Waals surface area (Å²) in [6.45, 7) is 1.73. The monoisotopic (exact) mass is 274 g/mol. The third kappa shape index (κ3) is 2.96. The normalized spacial score (nSPS) is 13.8. The quantitative estimate of drug-likeness (QED) is 0.917. The number of carbonyl (C=O) groups is 1. The van der Waals surface area contributed by atoms with E-state index in [0.29, 0.717) is 11.4 Å². The summed E-state index contributed by atoms with van der Waals surface area (Å²) in [7, 11) is 0. The highest BCUT2D eigenvalue weighted by molar-refractivity contribution is 6.30. The van der Waals surface area contributed by atoms with E-state index in [2.05, 4.69) is 0 Å². The minimum atomic E-state index is -0.980. The van der Waals surface area contributed by atoms with Gasteiger partial charge in [-0.1, -0.05) is 54.1 Å². The van der Waals surface area contributed by atoms with Crippen LogP contribution in [0.4, 0.5) is 0 Å². The molecular weight excluding hydrogens is 260 g/mol. The largest absolute Gasteiger partial charge is 0.481 e. The molecule has 0 saturated heterocycles. The van der Waals surface area contributed by atoms with Crippen molar-refractivity contribution in [3.05, 3.63) is 70.7 Å². The lowest BCUT2D eigenvalue weighted by molar-refractivity contribution is -0.143. The molecule has 0 aromatic heterocycles. The molecule has 3 heteroatoms. The van der Waals surface area contributed by atoms with Gasteiger partial charge in [-0.15, -0.1) is 0 Å². The van der Waals surface area contributed by atoms with Gasteiger partial charge in [0.15, 0.2) is 0 Å². The predicted octanol–water partition coefficient (Wildman–Crippen LogP) is 3.93. The SMILES string of the molecule is C[C@@](Cc1ccccc1)(C(=O)O)c1cccc(Cl)c1. The first-order valence-electron chi connectivity index (χ1n) is 6.06. The van der Waals surface area contributed by atoms with Gasteiger partial charge in [0.2, 0.25) is 0 Å². The van der Waals surface area contributed by atoms with Crippen LogP contribution in [0.1, 0.15) is 18.1 Å². The van der Waals surface area contributed by atoms with Crippen LogP contribution in [0.2, 0.25) is 5.02 Å². The zero-order chi connectivity index (χ0) is 13.9. The third-order valence-corrected chi connectivity index (χ3v) is 3.57. The number of hydrogen-bond donors (Lipinski definition) is 1. The standard InChI is InChI=1S/C16H15ClO2/c1-16(15(18)19,11-12-6-3-2-4-7-12)13-8-5-9-14(17)10-13/h2-10H,11H2,1H3,(H,18,19)/t16-/m0/s1. The predicted molar refractivity (Wildman–Crippen MR) is 76.6 cm³/mol. The molecule has 0 spiro atoms. The molecule has 0 fully saturated rings. The van der Waals surface area contributed by atoms with E-state index in [4.69, 9.17) is 11.6 Å². The second-order valence-electron chi connectivity index (χ2n) is 4.81. The van der Waals surface area contributed by atoms with Crippen LogP contribution in [0.15, 0.2) is 54.6 Å². The highest BCUT2D eigenvalue weighted by Gasteiger charge is 2.35. The van der Waals surface area contributed by atoms with Crippen molar-refractivity contribution in [3.8, 4) is 0 Å². The number of halogens is 1. The molecule has 19 heavy (non-hydrogen) atoms. The fourth-order valence-electron chi connectivity index (χ4n) is 2.14. The number of rotatable bonds is 4. The summed E-state index contributed by atoms with van der Waals surface area (Å²) >= 11 is 5.97. The molecule has 2 aromatic rings. The average molecular weight is 275 g/mol. The maximum absolute atomic E-state index is 11.7. The smallest absolute Gasteiger partial charge is 0.314 e. The van der Waals surface area contributed by atoms with Crippen LogP contribution in [-0.4, -0.2) is 11.1 Å². The van der Waals surface area contributed by atoms with Gasteiger partial charge in [-0.3, -0.25) is 4.79 Å². The summed E-state index contributed by atoms with van der Waals surface area (Å²) in [5.74, 6) is -0.849. The number of carboxylic acid groups (broad SMARTS) is 1. The maximum atomic E-state index is 11.7. The first-order chi connectivity index (χ1) is 9.02. The van der Waals surface area contributed by atoms with E-state index < -0.39 is 11.4 Å². The van der Waals surface area contributed by atoms with Crippen LogP contribution in [0.5, 0.6) is 0 Å². The molecule has 0 aliphatic heterocycles. The van der Waals surface area contributed by atoms with Crippen molar-refractivity contribution in [2.75, 3.05) is 0 Å². The zero-order valence-electron chi connectivity index (χ0n) is 10.6. The topological polar surface area (TPSA) is 37.3 Å². The van der Waals surface area contributed by atoms with Crippen LogP contribution >= 0.6 is 11.6 Å². The number of hydrogen-bond acceptors (Lipinski definition) is 1. The van der Waals surface area contributed by atoms with Crippen LogP contribution in [0, 0.1) is 0 Å². The van der Waals surface area contributed by atoms with E-state index in [1.54, 1.807) is 25.1 Å². The van der Waals surface area contributed by atoms with Gasteiger partial charge in [-0.05, 0) is 36.6 Å². The first-order valence-corrected chi connectivity index (χ1v) is 6.43. The number of benzene rings is 2. The van der Waals surface area contributed by atoms with Crippen molar-refractivity contribution >= 4 is 17.6 Å². The Bertz CT molecular complexity index is 580. The molecule has 98 valence electrons. The van der Waals surface area contributed by atoms with Crippen molar-refractivity contribution in [1.29, 1.82) is 0 Å². The van der Waals surface area contributed by atoms with E-state index in [-0.39, 0.29) is 0 Å². The van der Waals surface area contributed by atoms with Crippen molar-refractivity contribution in [1.82, 2.24) is 0 Å². The molecule has 2 aromatic carbocycles. The molecular formula is C16H15ClO2. The van der Waals surface area contributed by atoms with Crippen LogP contribution < -0.4 is 0 Å². The summed E-state index contributed by atoms with van der Waals surface area (Å²) in [5.41, 5.74) is 0.732. The maximum Gasteiger partial charge on any atom is 0.314 e. The lowest BCUT2D eigenvalue weighted by Gasteiger charge is -2.25. The van der Waals surface area contributed by atoms with E-state index in [0.717, 1.165) is 11.1 Å². The molecule has 0 heterocycles. The number of carboxylic acids is 1. The second-order valence-corrected chi connectivity index (χ2v) is 5.25. The van der Waals surface area contributed by atoms with Crippen molar-refractivity contribution < 1.29 is 9.90 Å². The Labute approximate surface area is 117 Å². The number of aliphatic carboxylic acids is 1. The Kier molecular flexibility index (Phi) is 3.91. The van der Waals surface area contributed by atoms with E-state index >= 15 is 0 Å². The van der Waals surface area contributed by atoms with Crippen molar-refractivity contribution in [2.24, 2.45) is 0 Å². The Morgan fingerprint density at radius 3 is 2.42 bits per heavy atom. The van der Waals surface area contributed by atoms with Gasteiger partial charge in [0, 0.05) is 5.02 Å². The molecule has 1 atom stereocenters. The molecule has 2 rings (SSSR count). The molecule has 0 bridgehead atoms. The van der Waals surface area contributed by atoms with Crippen LogP contribution in [-0.2, 0) is 16.6 Å². The molecule has 0 aliphatic rings. The Morgan fingerprint density at radius 2 is 1.84 bits per heavy atom. The highest BCUT2D eigenvalue weighted by atomic mass is 35.5. The first kappa shape index (κ1) is 13.6. The molecule has 2 nitrogen and oxygen atoms in total. The van der Waals surface area contributed by atoms with Gasteiger partial charge >= 0.3 is 5.97 Å². The van der Waals surface area contributed by atoms with Gasteiger partial charge in [-0.25, -0.2) is 0 Å². The molecule has 0 aliphatic carbocycles. The fourth-order valence-corrected chi connectivity index (χ4v) is 2.33. The van der Waals surface area contributed by atoms with Gasteiger partial charge in [0.05, 0.1) is 5.41 Å². The zero-order valence-corrected chi connectivity index (χ0v) is 11.4. The summed E-state index contributed by atoms with van der Waals surface area (Å²) in [4.78, 5) is 11.7. The van der Waals surface area contributed by atoms with Crippen LogP contribution in [0.25, 0.3) is 0 Å². The average Bonchev–Trinajstić information content (AvgIpc) is 2.39. The van der Waals surface area contributed by atoms with Crippen molar-refractivity contribution in [2.45, 2.75) is 18.8 Å². The molecule has 0 amide bonds. The Hall–Kier alpha value is -1.80. The molecule has 0 saturated carbocycles. The summed E-state index contributed by atoms with van der Waals surface area (Å²) in [5, 5.41) is 10.1. The lowest BCUT2D eigenvalue weighted by Crippen LogP contribution is -2.34. The molecule has 0 unspecified atom stereocenters. The highest BCUT2D eigenvalue weighted by Crippen LogP contribution is 2.30. The Balaban J connectivity index is 2.41. The minimum absolute atomic E-state index is 0.434. The summed E-state index contributed by atoms with van der Waals surface area (Å²) in [6.07, 6.45) is 0.434. The van der Waals surface area contributed by atoms with Gasteiger partial charge in [0.25, 0.3) is 0 Å². The third-order valence-electron chi connectivity index (χ3n) is 3.33. The van der Waals surface area contributed by atoms with Gasteiger partial charge in [-0.2, -0.15) is 0 Å². The van der Waals surface area contributed by atoms with Crippen LogP contribution in [0.3, 0.4) is 0 Å². The Morgan fingerprint density at radius 1 is 1.16 bits per heavy atom. The molecule has 1 N–H and O–H groups in total. The van der Waals surface area contributed by atoms with Gasteiger partial charge < -0.3 is 5.11 Å². The minimum Gasteiger partial charge on any atom is -0.481 e. The van der Waals surface area contributed by atoms with E-state index in [1.165, 1.54) is 0 Å². The lowest BCUT2D eigenvalue weighted by atomic mass is 9.77. The second kappa shape index (κ2) is 5.45.